The highest BCUT2D eigenvalue weighted by molar-refractivity contribution is 7.89. The summed E-state index contributed by atoms with van der Waals surface area (Å²) in [5.41, 5.74) is 0.713. The van der Waals surface area contributed by atoms with Gasteiger partial charge in [-0.2, -0.15) is 8.61 Å². The number of nitrogens with zero attached hydrogens (tertiary/aromatic N) is 3. The molecule has 7 nitrogen and oxygen atoms in total. The van der Waals surface area contributed by atoms with Crippen LogP contribution in [0.4, 0.5) is 0 Å². The number of aromatic nitrogens is 1. The molecule has 0 unspecified atom stereocenters. The number of hydrogen-bond donors (Lipinski definition) is 0. The summed E-state index contributed by atoms with van der Waals surface area (Å²) in [7, 11) is -5.15. The van der Waals surface area contributed by atoms with Gasteiger partial charge in [-0.1, -0.05) is 0 Å². The van der Waals surface area contributed by atoms with Crippen LogP contribution < -0.4 is 0 Å². The summed E-state index contributed by atoms with van der Waals surface area (Å²) in [4.78, 5) is 0.188. The molecule has 1 aromatic rings. The Morgan fingerprint density at radius 2 is 1.62 bits per heavy atom. The maximum Gasteiger partial charge on any atom is 0.244 e. The van der Waals surface area contributed by atoms with Crippen LogP contribution in [-0.2, 0) is 33.0 Å². The van der Waals surface area contributed by atoms with Crippen molar-refractivity contribution in [1.29, 1.82) is 0 Å². The summed E-state index contributed by atoms with van der Waals surface area (Å²) >= 11 is 5.75. The van der Waals surface area contributed by atoms with Crippen LogP contribution in [0.15, 0.2) is 17.2 Å². The van der Waals surface area contributed by atoms with E-state index in [0.717, 1.165) is 6.26 Å². The molecule has 10 heteroatoms. The van der Waals surface area contributed by atoms with Crippen molar-refractivity contribution in [2.45, 2.75) is 10.8 Å². The molecule has 120 valence electrons. The molecule has 1 fully saturated rings. The minimum Gasteiger partial charge on any atom is -0.352 e. The predicted octanol–water partition coefficient (Wildman–Crippen LogP) is 0.0298. The first-order valence-electron chi connectivity index (χ1n) is 6.32. The van der Waals surface area contributed by atoms with E-state index in [1.807, 2.05) is 0 Å². The van der Waals surface area contributed by atoms with Crippen LogP contribution in [0.5, 0.6) is 0 Å². The zero-order chi connectivity index (χ0) is 15.8. The lowest BCUT2D eigenvalue weighted by Crippen LogP contribution is -2.50. The fourth-order valence-corrected chi connectivity index (χ4v) is 4.85. The number of piperazine rings is 1. The summed E-state index contributed by atoms with van der Waals surface area (Å²) < 4.78 is 52.2. The fraction of sp³-hybridized carbons (Fsp3) is 0.636. The Balaban J connectivity index is 2.18. The maximum atomic E-state index is 12.5. The van der Waals surface area contributed by atoms with Gasteiger partial charge in [0.2, 0.25) is 20.0 Å². The van der Waals surface area contributed by atoms with Crippen molar-refractivity contribution in [3.05, 3.63) is 18.0 Å². The third-order valence-electron chi connectivity index (χ3n) is 3.52. The first-order valence-corrected chi connectivity index (χ1v) is 10.1. The van der Waals surface area contributed by atoms with E-state index in [9.17, 15) is 16.8 Å². The second-order valence-corrected chi connectivity index (χ2v) is 9.17. The third-order valence-corrected chi connectivity index (χ3v) is 6.97. The van der Waals surface area contributed by atoms with Crippen molar-refractivity contribution >= 4 is 31.6 Å². The molecule has 1 aliphatic rings. The molecule has 1 saturated heterocycles. The molecule has 0 bridgehead atoms. The zero-order valence-electron chi connectivity index (χ0n) is 11.9. The summed E-state index contributed by atoms with van der Waals surface area (Å²) in [6, 6.07) is 1.55. The summed E-state index contributed by atoms with van der Waals surface area (Å²) in [6.07, 6.45) is 2.65. The van der Waals surface area contributed by atoms with Gasteiger partial charge in [-0.05, 0) is 6.07 Å². The van der Waals surface area contributed by atoms with Crippen molar-refractivity contribution in [1.82, 2.24) is 13.2 Å². The number of halogens is 1. The van der Waals surface area contributed by atoms with Gasteiger partial charge in [-0.25, -0.2) is 16.8 Å². The van der Waals surface area contributed by atoms with Gasteiger partial charge < -0.3 is 4.57 Å². The van der Waals surface area contributed by atoms with Crippen LogP contribution in [-0.4, -0.2) is 62.4 Å². The zero-order valence-corrected chi connectivity index (χ0v) is 14.2. The van der Waals surface area contributed by atoms with Gasteiger partial charge in [-0.3, -0.25) is 0 Å². The molecule has 1 aliphatic heterocycles. The normalized spacial score (nSPS) is 19.0. The topological polar surface area (TPSA) is 79.7 Å². The maximum absolute atomic E-state index is 12.5. The number of alkyl halides is 1. The summed E-state index contributed by atoms with van der Waals surface area (Å²) in [5.74, 6) is 0.230. The standard InChI is InChI=1S/C11H18ClN3O4S2/c1-13-9-11(7-10(13)8-12)21(18,19)15-5-3-14(4-6-15)20(2,16)17/h7,9H,3-6,8H2,1-2H3. The molecule has 21 heavy (non-hydrogen) atoms. The van der Waals surface area contributed by atoms with Crippen LogP contribution in [0.2, 0.25) is 0 Å². The van der Waals surface area contributed by atoms with E-state index in [1.165, 1.54) is 14.8 Å². The Morgan fingerprint density at radius 3 is 2.05 bits per heavy atom. The molecule has 2 rings (SSSR count). The lowest BCUT2D eigenvalue weighted by Gasteiger charge is -2.32. The van der Waals surface area contributed by atoms with Gasteiger partial charge in [0.1, 0.15) is 4.90 Å². The van der Waals surface area contributed by atoms with Gasteiger partial charge >= 0.3 is 0 Å². The molecule has 2 heterocycles. The number of hydrogen-bond acceptors (Lipinski definition) is 4. The van der Waals surface area contributed by atoms with Crippen molar-refractivity contribution in [3.63, 3.8) is 0 Å². The van der Waals surface area contributed by atoms with Crippen molar-refractivity contribution < 1.29 is 16.8 Å². The smallest absolute Gasteiger partial charge is 0.244 e. The average molecular weight is 356 g/mol. The second-order valence-electron chi connectivity index (χ2n) is 4.98. The average Bonchev–Trinajstić information content (AvgIpc) is 2.80. The number of aryl methyl sites for hydroxylation is 1. The van der Waals surface area contributed by atoms with E-state index in [2.05, 4.69) is 0 Å². The van der Waals surface area contributed by atoms with E-state index >= 15 is 0 Å². The number of sulfonamides is 2. The van der Waals surface area contributed by atoms with Crippen molar-refractivity contribution in [3.8, 4) is 0 Å². The van der Waals surface area contributed by atoms with Crippen LogP contribution in [0.1, 0.15) is 5.69 Å². The predicted molar refractivity (Wildman–Crippen MR) is 80.1 cm³/mol. The van der Waals surface area contributed by atoms with Crippen LogP contribution >= 0.6 is 11.6 Å². The SMILES string of the molecule is Cn1cc(S(=O)(=O)N2CCN(S(C)(=O)=O)CC2)cc1CCl. The molecule has 0 atom stereocenters. The fourth-order valence-electron chi connectivity index (χ4n) is 2.24. The molecule has 0 amide bonds. The molecule has 0 saturated carbocycles. The quantitative estimate of drug-likeness (QED) is 0.714. The first kappa shape index (κ1) is 16.8. The van der Waals surface area contributed by atoms with Gasteiger partial charge in [0.15, 0.2) is 0 Å². The highest BCUT2D eigenvalue weighted by Crippen LogP contribution is 2.21. The molecule has 0 spiro atoms. The molecular weight excluding hydrogens is 338 g/mol. The van der Waals surface area contributed by atoms with E-state index in [-0.39, 0.29) is 37.0 Å². The lowest BCUT2D eigenvalue weighted by atomic mass is 10.4. The van der Waals surface area contributed by atoms with Gasteiger partial charge in [-0.15, -0.1) is 11.6 Å². The molecule has 1 aromatic heterocycles. The van der Waals surface area contributed by atoms with E-state index in [0.29, 0.717) is 5.69 Å². The van der Waals surface area contributed by atoms with E-state index in [4.69, 9.17) is 11.6 Å². The van der Waals surface area contributed by atoms with E-state index in [1.54, 1.807) is 17.7 Å². The van der Waals surface area contributed by atoms with Gasteiger partial charge in [0, 0.05) is 45.1 Å². The third kappa shape index (κ3) is 3.42. The Morgan fingerprint density at radius 1 is 1.10 bits per heavy atom. The van der Waals surface area contributed by atoms with Crippen molar-refractivity contribution in [2.24, 2.45) is 7.05 Å². The second kappa shape index (κ2) is 5.88. The van der Waals surface area contributed by atoms with Crippen LogP contribution in [0.25, 0.3) is 0 Å². The molecule has 0 N–H and O–H groups in total. The van der Waals surface area contributed by atoms with Gasteiger partial charge in [0.05, 0.1) is 12.1 Å². The minimum absolute atomic E-state index is 0.153. The van der Waals surface area contributed by atoms with Gasteiger partial charge in [0.25, 0.3) is 0 Å². The van der Waals surface area contributed by atoms with E-state index < -0.39 is 20.0 Å². The molecular formula is C11H18ClN3O4S2. The highest BCUT2D eigenvalue weighted by atomic mass is 35.5. The highest BCUT2D eigenvalue weighted by Gasteiger charge is 2.32. The summed E-state index contributed by atoms with van der Waals surface area (Å²) in [6.45, 7) is 0.654. The van der Waals surface area contributed by atoms with Crippen LogP contribution in [0, 0.1) is 0 Å². The molecule has 0 aliphatic carbocycles. The largest absolute Gasteiger partial charge is 0.352 e. The Kier molecular flexibility index (Phi) is 4.69. The first-order chi connectivity index (χ1) is 9.66. The van der Waals surface area contributed by atoms with Crippen molar-refractivity contribution in [2.75, 3.05) is 32.4 Å². The summed E-state index contributed by atoms with van der Waals surface area (Å²) in [5, 5.41) is 0. The Bertz CT molecular complexity index is 719. The molecule has 0 aromatic carbocycles. The van der Waals surface area contributed by atoms with Crippen LogP contribution in [0.3, 0.4) is 0 Å². The lowest BCUT2D eigenvalue weighted by molar-refractivity contribution is 0.274. The Labute approximate surface area is 130 Å². The number of rotatable bonds is 4. The Hall–Kier alpha value is -0.610. The molecule has 0 radical (unpaired) electrons. The monoisotopic (exact) mass is 355 g/mol. The minimum atomic E-state index is -3.61.